The van der Waals surface area contributed by atoms with Crippen molar-refractivity contribution < 1.29 is 4.42 Å². The number of aryl methyl sites for hydroxylation is 2. The zero-order valence-electron chi connectivity index (χ0n) is 12.2. The normalized spacial score (nSPS) is 16.7. The van der Waals surface area contributed by atoms with Crippen LogP contribution < -0.4 is 5.32 Å². The number of oxazole rings is 1. The van der Waals surface area contributed by atoms with Crippen molar-refractivity contribution in [3.8, 4) is 10.6 Å². The molecule has 1 atom stereocenters. The maximum Gasteiger partial charge on any atom is 0.211 e. The van der Waals surface area contributed by atoms with Crippen LogP contribution in [0.5, 0.6) is 0 Å². The highest BCUT2D eigenvalue weighted by Crippen LogP contribution is 2.35. The molecule has 1 aliphatic rings. The molecule has 0 saturated carbocycles. The number of hydrogen-bond donors (Lipinski definition) is 1. The van der Waals surface area contributed by atoms with Crippen LogP contribution in [0.15, 0.2) is 16.7 Å². The molecule has 0 bridgehead atoms. The molecule has 0 radical (unpaired) electrons. The number of aromatic nitrogens is 1. The molecule has 1 unspecified atom stereocenters. The van der Waals surface area contributed by atoms with Crippen LogP contribution in [0.1, 0.15) is 55.5 Å². The summed E-state index contributed by atoms with van der Waals surface area (Å²) in [5, 5.41) is 3.33. The minimum atomic E-state index is 0.173. The number of rotatable bonds is 4. The van der Waals surface area contributed by atoms with Gasteiger partial charge in [0.25, 0.3) is 0 Å². The highest BCUT2D eigenvalue weighted by molar-refractivity contribution is 7.15. The third-order valence-corrected chi connectivity index (χ3v) is 5.15. The predicted molar refractivity (Wildman–Crippen MR) is 83.2 cm³/mol. The fourth-order valence-electron chi connectivity index (χ4n) is 2.78. The smallest absolute Gasteiger partial charge is 0.211 e. The summed E-state index contributed by atoms with van der Waals surface area (Å²) in [5.74, 6) is 1.70. The molecular weight excluding hydrogens is 268 g/mol. The zero-order valence-corrected chi connectivity index (χ0v) is 13.1. The summed E-state index contributed by atoms with van der Waals surface area (Å²) >= 11 is 1.89. The van der Waals surface area contributed by atoms with Gasteiger partial charge < -0.3 is 9.73 Å². The lowest BCUT2D eigenvalue weighted by Crippen LogP contribution is -2.17. The first-order valence-corrected chi connectivity index (χ1v) is 8.40. The summed E-state index contributed by atoms with van der Waals surface area (Å²) in [6.07, 6.45) is 8.33. The van der Waals surface area contributed by atoms with E-state index >= 15 is 0 Å². The van der Waals surface area contributed by atoms with Gasteiger partial charge in [0.1, 0.15) is 0 Å². The van der Waals surface area contributed by atoms with E-state index in [1.54, 1.807) is 4.88 Å². The molecule has 2 aromatic rings. The van der Waals surface area contributed by atoms with Crippen molar-refractivity contribution in [2.45, 2.75) is 52.0 Å². The fourth-order valence-corrected chi connectivity index (χ4v) is 3.98. The Hall–Kier alpha value is -1.13. The van der Waals surface area contributed by atoms with Crippen molar-refractivity contribution in [3.63, 3.8) is 0 Å². The minimum absolute atomic E-state index is 0.173. The second-order valence-corrected chi connectivity index (χ2v) is 6.60. The summed E-state index contributed by atoms with van der Waals surface area (Å²) in [4.78, 5) is 7.20. The summed E-state index contributed by atoms with van der Waals surface area (Å²) in [6, 6.07) is 2.49. The number of fused-ring (bicyclic) bond motifs is 1. The van der Waals surface area contributed by atoms with Gasteiger partial charge in [-0.25, -0.2) is 4.98 Å². The summed E-state index contributed by atoms with van der Waals surface area (Å²) < 4.78 is 5.93. The van der Waals surface area contributed by atoms with Crippen LogP contribution in [0, 0.1) is 0 Å². The lowest BCUT2D eigenvalue weighted by atomic mass is 10.1. The Balaban J connectivity index is 1.83. The topological polar surface area (TPSA) is 38.1 Å². The van der Waals surface area contributed by atoms with Crippen molar-refractivity contribution in [3.05, 3.63) is 28.6 Å². The predicted octanol–water partition coefficient (Wildman–Crippen LogP) is 4.34. The maximum absolute atomic E-state index is 5.93. The van der Waals surface area contributed by atoms with E-state index in [-0.39, 0.29) is 6.04 Å². The van der Waals surface area contributed by atoms with Crippen LogP contribution in [0.25, 0.3) is 10.6 Å². The van der Waals surface area contributed by atoms with Crippen LogP contribution in [0.2, 0.25) is 0 Å². The van der Waals surface area contributed by atoms with Crippen molar-refractivity contribution in [1.29, 1.82) is 0 Å². The first kappa shape index (κ1) is 13.8. The second-order valence-electron chi connectivity index (χ2n) is 5.46. The van der Waals surface area contributed by atoms with Crippen LogP contribution in [-0.2, 0) is 12.8 Å². The molecule has 20 heavy (non-hydrogen) atoms. The van der Waals surface area contributed by atoms with E-state index in [2.05, 4.69) is 30.2 Å². The van der Waals surface area contributed by atoms with Crippen LogP contribution in [0.3, 0.4) is 0 Å². The third kappa shape index (κ3) is 2.81. The molecule has 2 aromatic heterocycles. The quantitative estimate of drug-likeness (QED) is 0.851. The average molecular weight is 290 g/mol. The third-order valence-electron chi connectivity index (χ3n) is 3.89. The molecule has 4 heteroatoms. The van der Waals surface area contributed by atoms with Crippen LogP contribution in [-0.4, -0.2) is 11.5 Å². The molecule has 3 rings (SSSR count). The van der Waals surface area contributed by atoms with Gasteiger partial charge in [-0.15, -0.1) is 11.3 Å². The van der Waals surface area contributed by atoms with Crippen LogP contribution >= 0.6 is 11.3 Å². The first-order chi connectivity index (χ1) is 9.78. The van der Waals surface area contributed by atoms with Gasteiger partial charge in [-0.3, -0.25) is 0 Å². The van der Waals surface area contributed by atoms with E-state index in [1.807, 2.05) is 17.5 Å². The Morgan fingerprint density at radius 1 is 1.35 bits per heavy atom. The molecule has 0 amide bonds. The Bertz CT molecular complexity index is 549. The average Bonchev–Trinajstić information content (AvgIpc) is 3.02. The molecule has 108 valence electrons. The van der Waals surface area contributed by atoms with Gasteiger partial charge in [0.05, 0.1) is 17.1 Å². The molecule has 1 N–H and O–H groups in total. The molecule has 0 saturated heterocycles. The molecule has 1 aliphatic carbocycles. The monoisotopic (exact) mass is 290 g/mol. The van der Waals surface area contributed by atoms with E-state index in [0.717, 1.165) is 18.2 Å². The van der Waals surface area contributed by atoms with Crippen molar-refractivity contribution >= 4 is 11.3 Å². The fraction of sp³-hybridized carbons (Fsp3) is 0.562. The molecule has 3 nitrogen and oxygen atoms in total. The van der Waals surface area contributed by atoms with E-state index in [9.17, 15) is 0 Å². The Morgan fingerprint density at radius 3 is 3.05 bits per heavy atom. The highest BCUT2D eigenvalue weighted by Gasteiger charge is 2.17. The Morgan fingerprint density at radius 2 is 2.20 bits per heavy atom. The maximum atomic E-state index is 5.93. The van der Waals surface area contributed by atoms with Gasteiger partial charge >= 0.3 is 0 Å². The standard InChI is InChI=1S/C16H22N2OS/c1-3-17-11(2)16-18-10-13(19-16)15-9-12-7-5-4-6-8-14(12)20-15/h9-11,17H,3-8H2,1-2H3. The van der Waals surface area contributed by atoms with E-state index in [0.29, 0.717) is 0 Å². The van der Waals surface area contributed by atoms with Gasteiger partial charge in [-0.05, 0) is 50.8 Å². The van der Waals surface area contributed by atoms with Gasteiger partial charge in [-0.2, -0.15) is 0 Å². The summed E-state index contributed by atoms with van der Waals surface area (Å²) in [5.41, 5.74) is 1.53. The van der Waals surface area contributed by atoms with E-state index < -0.39 is 0 Å². The van der Waals surface area contributed by atoms with Crippen LogP contribution in [0.4, 0.5) is 0 Å². The Labute approximate surface area is 124 Å². The van der Waals surface area contributed by atoms with Gasteiger partial charge in [0.2, 0.25) is 5.89 Å². The molecule has 2 heterocycles. The lowest BCUT2D eigenvalue weighted by Gasteiger charge is -2.06. The van der Waals surface area contributed by atoms with Crippen molar-refractivity contribution in [2.24, 2.45) is 0 Å². The summed E-state index contributed by atoms with van der Waals surface area (Å²) in [7, 11) is 0. The van der Waals surface area contributed by atoms with E-state index in [1.165, 1.54) is 42.5 Å². The van der Waals surface area contributed by atoms with Crippen molar-refractivity contribution in [1.82, 2.24) is 10.3 Å². The molecule has 0 aliphatic heterocycles. The minimum Gasteiger partial charge on any atom is -0.438 e. The molecular formula is C16H22N2OS. The molecule has 0 aromatic carbocycles. The molecule has 0 fully saturated rings. The highest BCUT2D eigenvalue weighted by atomic mass is 32.1. The largest absolute Gasteiger partial charge is 0.438 e. The first-order valence-electron chi connectivity index (χ1n) is 7.59. The SMILES string of the molecule is CCNC(C)c1ncc(-c2cc3c(s2)CCCCC3)o1. The Kier molecular flexibility index (Phi) is 4.22. The number of hydrogen-bond acceptors (Lipinski definition) is 4. The second kappa shape index (κ2) is 6.10. The van der Waals surface area contributed by atoms with Crippen molar-refractivity contribution in [2.75, 3.05) is 6.54 Å². The molecule has 0 spiro atoms. The summed E-state index contributed by atoms with van der Waals surface area (Å²) in [6.45, 7) is 5.10. The number of nitrogens with zero attached hydrogens (tertiary/aromatic N) is 1. The van der Waals surface area contributed by atoms with Gasteiger partial charge in [0, 0.05) is 4.88 Å². The zero-order chi connectivity index (χ0) is 13.9. The lowest BCUT2D eigenvalue weighted by molar-refractivity contribution is 0.429. The van der Waals surface area contributed by atoms with Gasteiger partial charge in [0.15, 0.2) is 5.76 Å². The van der Waals surface area contributed by atoms with E-state index in [4.69, 9.17) is 4.42 Å². The van der Waals surface area contributed by atoms with Gasteiger partial charge in [-0.1, -0.05) is 13.3 Å². The number of thiophene rings is 1. The number of nitrogens with one attached hydrogen (secondary N) is 1.